The molecule has 23 heavy (non-hydrogen) atoms. The molecule has 7 heteroatoms. The summed E-state index contributed by atoms with van der Waals surface area (Å²) in [5.74, 6) is 0.777. The Hall–Kier alpha value is -0.380. The van der Waals surface area contributed by atoms with Crippen LogP contribution in [0.25, 0.3) is 0 Å². The number of rotatable bonds is 6. The SMILES string of the molecule is CCNC(=NCC(C)(O)c1cccs1)NCC1CCCN1C.I. The first-order valence-electron chi connectivity index (χ1n) is 8.01. The third kappa shape index (κ3) is 6.21. The Morgan fingerprint density at radius 2 is 2.30 bits per heavy atom. The molecular formula is C16H29IN4OS. The summed E-state index contributed by atoms with van der Waals surface area (Å²) in [7, 11) is 2.17. The molecule has 2 atom stereocenters. The number of thiophene rings is 1. The lowest BCUT2D eigenvalue weighted by molar-refractivity contribution is 0.0711. The van der Waals surface area contributed by atoms with Crippen LogP contribution in [0, 0.1) is 0 Å². The van der Waals surface area contributed by atoms with Gasteiger partial charge in [0.25, 0.3) is 0 Å². The number of aliphatic imine (C=N–C) groups is 1. The van der Waals surface area contributed by atoms with Gasteiger partial charge in [0, 0.05) is 24.0 Å². The van der Waals surface area contributed by atoms with Gasteiger partial charge >= 0.3 is 0 Å². The lowest BCUT2D eigenvalue weighted by Crippen LogP contribution is -2.44. The van der Waals surface area contributed by atoms with Gasteiger partial charge in [0.15, 0.2) is 5.96 Å². The molecule has 5 nitrogen and oxygen atoms in total. The van der Waals surface area contributed by atoms with Crippen molar-refractivity contribution < 1.29 is 5.11 Å². The molecule has 1 fully saturated rings. The minimum absolute atomic E-state index is 0. The van der Waals surface area contributed by atoms with Crippen molar-refractivity contribution >= 4 is 41.3 Å². The molecule has 1 aliphatic rings. The second-order valence-corrected chi connectivity index (χ2v) is 7.05. The van der Waals surface area contributed by atoms with E-state index in [1.807, 2.05) is 24.4 Å². The van der Waals surface area contributed by atoms with Gasteiger partial charge in [-0.25, -0.2) is 4.99 Å². The van der Waals surface area contributed by atoms with E-state index in [1.165, 1.54) is 19.4 Å². The fraction of sp³-hybridized carbons (Fsp3) is 0.688. The Kier molecular flexibility index (Phi) is 8.81. The molecule has 0 radical (unpaired) electrons. The van der Waals surface area contributed by atoms with Gasteiger partial charge in [0.1, 0.15) is 5.60 Å². The Bertz CT molecular complexity index is 478. The molecule has 1 aromatic heterocycles. The maximum atomic E-state index is 10.6. The number of likely N-dealkylation sites (tertiary alicyclic amines) is 1. The molecule has 0 aliphatic carbocycles. The van der Waals surface area contributed by atoms with Crippen molar-refractivity contribution in [2.24, 2.45) is 4.99 Å². The van der Waals surface area contributed by atoms with Crippen molar-refractivity contribution in [3.63, 3.8) is 0 Å². The van der Waals surface area contributed by atoms with Crippen LogP contribution in [0.1, 0.15) is 31.6 Å². The maximum Gasteiger partial charge on any atom is 0.191 e. The molecule has 0 aromatic carbocycles. The molecule has 132 valence electrons. The van der Waals surface area contributed by atoms with Crippen molar-refractivity contribution in [3.8, 4) is 0 Å². The quantitative estimate of drug-likeness (QED) is 0.352. The predicted molar refractivity (Wildman–Crippen MR) is 109 cm³/mol. The van der Waals surface area contributed by atoms with Crippen molar-refractivity contribution in [1.82, 2.24) is 15.5 Å². The Morgan fingerprint density at radius 1 is 1.52 bits per heavy atom. The number of likely N-dealkylation sites (N-methyl/N-ethyl adjacent to an activating group) is 1. The number of hydrogen-bond donors (Lipinski definition) is 3. The fourth-order valence-corrected chi connectivity index (χ4v) is 3.47. The van der Waals surface area contributed by atoms with Gasteiger partial charge < -0.3 is 20.6 Å². The Morgan fingerprint density at radius 3 is 2.87 bits per heavy atom. The van der Waals surface area contributed by atoms with E-state index in [0.29, 0.717) is 12.6 Å². The first-order valence-corrected chi connectivity index (χ1v) is 8.89. The highest BCUT2D eigenvalue weighted by molar-refractivity contribution is 14.0. The molecule has 1 saturated heterocycles. The molecule has 0 spiro atoms. The number of halogens is 1. The zero-order valence-electron chi connectivity index (χ0n) is 14.2. The van der Waals surface area contributed by atoms with E-state index in [0.717, 1.165) is 23.9 Å². The normalized spacial score (nSPS) is 21.6. The van der Waals surface area contributed by atoms with Gasteiger partial charge in [-0.05, 0) is 51.7 Å². The maximum absolute atomic E-state index is 10.6. The smallest absolute Gasteiger partial charge is 0.191 e. The summed E-state index contributed by atoms with van der Waals surface area (Å²) in [4.78, 5) is 7.89. The number of guanidine groups is 1. The second-order valence-electron chi connectivity index (χ2n) is 6.10. The van der Waals surface area contributed by atoms with Crippen LogP contribution in [0.2, 0.25) is 0 Å². The van der Waals surface area contributed by atoms with E-state index < -0.39 is 5.60 Å². The largest absolute Gasteiger partial charge is 0.383 e. The molecule has 2 heterocycles. The van der Waals surface area contributed by atoms with Gasteiger partial charge in [0.2, 0.25) is 0 Å². The van der Waals surface area contributed by atoms with E-state index in [2.05, 4.69) is 34.5 Å². The summed E-state index contributed by atoms with van der Waals surface area (Å²) in [6, 6.07) is 4.48. The standard InChI is InChI=1S/C16H28N4OS.HI/c1-4-17-15(18-11-13-7-5-9-20(13)3)19-12-16(2,21)14-8-6-10-22-14;/h6,8,10,13,21H,4-5,7,9,11-12H2,1-3H3,(H2,17,18,19);1H. The van der Waals surface area contributed by atoms with Gasteiger partial charge in [-0.15, -0.1) is 35.3 Å². The van der Waals surface area contributed by atoms with Gasteiger partial charge in [-0.1, -0.05) is 6.07 Å². The Balaban J connectivity index is 0.00000264. The van der Waals surface area contributed by atoms with Gasteiger partial charge in [-0.3, -0.25) is 0 Å². The van der Waals surface area contributed by atoms with Crippen LogP contribution in [0.15, 0.2) is 22.5 Å². The fourth-order valence-electron chi connectivity index (χ4n) is 2.69. The highest BCUT2D eigenvalue weighted by Crippen LogP contribution is 2.25. The molecule has 0 amide bonds. The number of aliphatic hydroxyl groups is 1. The summed E-state index contributed by atoms with van der Waals surface area (Å²) >= 11 is 1.56. The minimum Gasteiger partial charge on any atom is -0.383 e. The molecule has 1 aromatic rings. The van der Waals surface area contributed by atoms with E-state index >= 15 is 0 Å². The van der Waals surface area contributed by atoms with E-state index in [4.69, 9.17) is 0 Å². The summed E-state index contributed by atoms with van der Waals surface area (Å²) in [5.41, 5.74) is -0.916. The number of nitrogens with zero attached hydrogens (tertiary/aromatic N) is 2. The first kappa shape index (κ1) is 20.7. The molecule has 1 aliphatic heterocycles. The zero-order chi connectivity index (χ0) is 16.0. The van der Waals surface area contributed by atoms with Crippen LogP contribution in [0.4, 0.5) is 0 Å². The van der Waals surface area contributed by atoms with Crippen LogP contribution in [-0.2, 0) is 5.60 Å². The third-order valence-electron chi connectivity index (χ3n) is 4.12. The molecule has 2 unspecified atom stereocenters. The summed E-state index contributed by atoms with van der Waals surface area (Å²) in [6.45, 7) is 7.10. The van der Waals surface area contributed by atoms with E-state index in [-0.39, 0.29) is 24.0 Å². The monoisotopic (exact) mass is 452 g/mol. The first-order chi connectivity index (χ1) is 10.5. The van der Waals surface area contributed by atoms with Crippen molar-refractivity contribution in [2.45, 2.75) is 38.3 Å². The highest BCUT2D eigenvalue weighted by atomic mass is 127. The lowest BCUT2D eigenvalue weighted by atomic mass is 10.1. The predicted octanol–water partition coefficient (Wildman–Crippen LogP) is 2.22. The number of nitrogens with one attached hydrogen (secondary N) is 2. The van der Waals surface area contributed by atoms with E-state index in [1.54, 1.807) is 11.3 Å². The molecule has 2 rings (SSSR count). The van der Waals surface area contributed by atoms with Crippen molar-refractivity contribution in [3.05, 3.63) is 22.4 Å². The minimum atomic E-state index is -0.916. The van der Waals surface area contributed by atoms with Crippen LogP contribution >= 0.6 is 35.3 Å². The van der Waals surface area contributed by atoms with Crippen LogP contribution in [-0.4, -0.2) is 55.2 Å². The van der Waals surface area contributed by atoms with Gasteiger partial charge in [0.05, 0.1) is 6.54 Å². The lowest BCUT2D eigenvalue weighted by Gasteiger charge is -2.23. The zero-order valence-corrected chi connectivity index (χ0v) is 17.4. The van der Waals surface area contributed by atoms with Crippen molar-refractivity contribution in [2.75, 3.05) is 33.2 Å². The molecular weight excluding hydrogens is 423 g/mol. The topological polar surface area (TPSA) is 59.9 Å². The average molecular weight is 452 g/mol. The summed E-state index contributed by atoms with van der Waals surface area (Å²) in [6.07, 6.45) is 2.50. The highest BCUT2D eigenvalue weighted by Gasteiger charge is 2.24. The molecule has 3 N–H and O–H groups in total. The second kappa shape index (κ2) is 9.80. The van der Waals surface area contributed by atoms with E-state index in [9.17, 15) is 5.11 Å². The van der Waals surface area contributed by atoms with Crippen molar-refractivity contribution in [1.29, 1.82) is 0 Å². The summed E-state index contributed by atoms with van der Waals surface area (Å²) < 4.78 is 0. The summed E-state index contributed by atoms with van der Waals surface area (Å²) in [5, 5.41) is 19.2. The Labute approximate surface area is 160 Å². The third-order valence-corrected chi connectivity index (χ3v) is 5.24. The number of hydrogen-bond acceptors (Lipinski definition) is 4. The molecule has 0 saturated carbocycles. The van der Waals surface area contributed by atoms with Crippen LogP contribution in [0.3, 0.4) is 0 Å². The molecule has 0 bridgehead atoms. The van der Waals surface area contributed by atoms with Crippen LogP contribution in [0.5, 0.6) is 0 Å². The van der Waals surface area contributed by atoms with Crippen LogP contribution < -0.4 is 10.6 Å². The van der Waals surface area contributed by atoms with Gasteiger partial charge in [-0.2, -0.15) is 0 Å². The average Bonchev–Trinajstić information content (AvgIpc) is 3.14.